The lowest BCUT2D eigenvalue weighted by Crippen LogP contribution is -2.48. The molecule has 0 radical (unpaired) electrons. The van der Waals surface area contributed by atoms with Crippen LogP contribution in [0.3, 0.4) is 0 Å². The van der Waals surface area contributed by atoms with Crippen molar-refractivity contribution in [2.45, 2.75) is 37.6 Å². The lowest BCUT2D eigenvalue weighted by molar-refractivity contribution is -0.274. The molecular weight excluding hydrogens is 399 g/mol. The number of carbonyl (C=O) groups is 1. The van der Waals surface area contributed by atoms with E-state index in [0.717, 1.165) is 11.8 Å². The molecule has 2 heterocycles. The molecule has 1 amide bonds. The minimum atomic E-state index is -4.76. The van der Waals surface area contributed by atoms with Crippen molar-refractivity contribution in [2.75, 3.05) is 18.8 Å². The third-order valence-corrected chi connectivity index (χ3v) is 4.76. The smallest absolute Gasteiger partial charge is 0.406 e. The topological polar surface area (TPSA) is 82.4 Å². The maximum Gasteiger partial charge on any atom is 0.573 e. The quantitative estimate of drug-likeness (QED) is 0.691. The molecule has 0 N–H and O–H groups in total. The van der Waals surface area contributed by atoms with Crippen molar-refractivity contribution in [1.29, 1.82) is 0 Å². The van der Waals surface area contributed by atoms with E-state index in [0.29, 0.717) is 23.9 Å². The standard InChI is InChI=1S/C16H18F3N5O3S/c1-10-7-23(8-11(2)26-10)14(25)9-28-15-20-21-22-24(15)12-3-5-13(6-4-12)27-16(17,18)19/h3-6,10-11H,7-9H2,1-2H3/t10-,11-/m1/s1. The molecular formula is C16H18F3N5O3S. The number of thioether (sulfide) groups is 1. The number of benzene rings is 1. The van der Waals surface area contributed by atoms with E-state index in [1.807, 2.05) is 13.8 Å². The van der Waals surface area contributed by atoms with Crippen LogP contribution in [0.25, 0.3) is 5.69 Å². The fourth-order valence-corrected chi connectivity index (χ4v) is 3.61. The van der Waals surface area contributed by atoms with E-state index < -0.39 is 6.36 Å². The Kier molecular flexibility index (Phi) is 6.08. The number of hydrogen-bond donors (Lipinski definition) is 0. The van der Waals surface area contributed by atoms with E-state index in [2.05, 4.69) is 20.3 Å². The largest absolute Gasteiger partial charge is 0.573 e. The molecule has 0 saturated carbocycles. The summed E-state index contributed by atoms with van der Waals surface area (Å²) in [5.41, 5.74) is 0.447. The summed E-state index contributed by atoms with van der Waals surface area (Å²) >= 11 is 1.15. The molecule has 1 fully saturated rings. The minimum Gasteiger partial charge on any atom is -0.406 e. The normalized spacial score (nSPS) is 20.2. The van der Waals surface area contributed by atoms with E-state index in [9.17, 15) is 18.0 Å². The summed E-state index contributed by atoms with van der Waals surface area (Å²) in [6.45, 7) is 4.87. The van der Waals surface area contributed by atoms with Gasteiger partial charge in [0.25, 0.3) is 0 Å². The predicted octanol–water partition coefficient (Wildman–Crippen LogP) is 2.29. The highest BCUT2D eigenvalue weighted by molar-refractivity contribution is 7.99. The number of carbonyl (C=O) groups excluding carboxylic acids is 1. The zero-order valence-electron chi connectivity index (χ0n) is 15.1. The first-order valence-electron chi connectivity index (χ1n) is 8.42. The lowest BCUT2D eigenvalue weighted by Gasteiger charge is -2.35. The number of ether oxygens (including phenoxy) is 2. The molecule has 1 aromatic heterocycles. The number of halogens is 3. The Morgan fingerprint density at radius 2 is 1.89 bits per heavy atom. The molecule has 2 aromatic rings. The zero-order valence-corrected chi connectivity index (χ0v) is 15.9. The van der Waals surface area contributed by atoms with E-state index >= 15 is 0 Å². The Morgan fingerprint density at radius 3 is 2.50 bits per heavy atom. The van der Waals surface area contributed by atoms with Crippen LogP contribution in [-0.2, 0) is 9.53 Å². The Balaban J connectivity index is 1.63. The summed E-state index contributed by atoms with van der Waals surface area (Å²) in [5, 5.41) is 11.6. The second-order valence-electron chi connectivity index (χ2n) is 6.26. The van der Waals surface area contributed by atoms with Crippen molar-refractivity contribution in [3.8, 4) is 11.4 Å². The van der Waals surface area contributed by atoms with Crippen LogP contribution in [0, 0.1) is 0 Å². The molecule has 0 aliphatic carbocycles. The number of amides is 1. The molecule has 152 valence electrons. The molecule has 3 rings (SSSR count). The van der Waals surface area contributed by atoms with Gasteiger partial charge in [0.1, 0.15) is 5.75 Å². The van der Waals surface area contributed by atoms with Gasteiger partial charge < -0.3 is 14.4 Å². The van der Waals surface area contributed by atoms with Gasteiger partial charge in [0.2, 0.25) is 11.1 Å². The summed E-state index contributed by atoms with van der Waals surface area (Å²) < 4.78 is 47.6. The molecule has 0 unspecified atom stereocenters. The maximum atomic E-state index is 12.5. The van der Waals surface area contributed by atoms with Crippen LogP contribution in [0.5, 0.6) is 5.75 Å². The van der Waals surface area contributed by atoms with Gasteiger partial charge in [-0.05, 0) is 48.5 Å². The summed E-state index contributed by atoms with van der Waals surface area (Å²) in [6.07, 6.45) is -4.81. The van der Waals surface area contributed by atoms with Gasteiger partial charge in [0.15, 0.2) is 0 Å². The highest BCUT2D eigenvalue weighted by Crippen LogP contribution is 2.25. The monoisotopic (exact) mass is 417 g/mol. The molecule has 8 nitrogen and oxygen atoms in total. The van der Waals surface area contributed by atoms with E-state index in [1.165, 1.54) is 28.9 Å². The van der Waals surface area contributed by atoms with Crippen LogP contribution >= 0.6 is 11.8 Å². The first-order valence-corrected chi connectivity index (χ1v) is 9.40. The van der Waals surface area contributed by atoms with E-state index in [-0.39, 0.29) is 29.6 Å². The summed E-state index contributed by atoms with van der Waals surface area (Å²) in [4.78, 5) is 14.2. The van der Waals surface area contributed by atoms with Gasteiger partial charge in [0, 0.05) is 13.1 Å². The molecule has 0 bridgehead atoms. The van der Waals surface area contributed by atoms with Gasteiger partial charge in [-0.1, -0.05) is 11.8 Å². The van der Waals surface area contributed by atoms with Crippen LogP contribution in [-0.4, -0.2) is 68.4 Å². The molecule has 0 spiro atoms. The first kappa shape index (κ1) is 20.4. The number of hydrogen-bond acceptors (Lipinski definition) is 7. The van der Waals surface area contributed by atoms with Gasteiger partial charge >= 0.3 is 6.36 Å². The SMILES string of the molecule is C[C@@H]1CN(C(=O)CSc2nnnn2-c2ccc(OC(F)(F)F)cc2)C[C@@H](C)O1. The number of alkyl halides is 3. The number of morpholine rings is 1. The Morgan fingerprint density at radius 1 is 1.25 bits per heavy atom. The molecule has 1 aliphatic rings. The number of nitrogens with zero attached hydrogens (tertiary/aromatic N) is 5. The van der Waals surface area contributed by atoms with Gasteiger partial charge in [-0.2, -0.15) is 4.68 Å². The fourth-order valence-electron chi connectivity index (χ4n) is 2.82. The van der Waals surface area contributed by atoms with Crippen molar-refractivity contribution >= 4 is 17.7 Å². The Labute approximate surface area is 163 Å². The average Bonchev–Trinajstić information content (AvgIpc) is 3.06. The Hall–Kier alpha value is -2.34. The number of tetrazole rings is 1. The van der Waals surface area contributed by atoms with Crippen LogP contribution in [0.1, 0.15) is 13.8 Å². The van der Waals surface area contributed by atoms with Gasteiger partial charge in [0.05, 0.1) is 23.6 Å². The third kappa shape index (κ3) is 5.35. The highest BCUT2D eigenvalue weighted by Gasteiger charge is 2.31. The fraction of sp³-hybridized carbons (Fsp3) is 0.500. The van der Waals surface area contributed by atoms with E-state index in [4.69, 9.17) is 4.74 Å². The van der Waals surface area contributed by atoms with Crippen molar-refractivity contribution in [3.05, 3.63) is 24.3 Å². The molecule has 1 saturated heterocycles. The third-order valence-electron chi connectivity index (χ3n) is 3.85. The zero-order chi connectivity index (χ0) is 20.3. The predicted molar refractivity (Wildman–Crippen MR) is 93.2 cm³/mol. The average molecular weight is 417 g/mol. The molecule has 28 heavy (non-hydrogen) atoms. The van der Waals surface area contributed by atoms with Crippen LogP contribution in [0.15, 0.2) is 29.4 Å². The number of aromatic nitrogens is 4. The van der Waals surface area contributed by atoms with E-state index in [1.54, 1.807) is 4.90 Å². The first-order chi connectivity index (χ1) is 13.2. The van der Waals surface area contributed by atoms with Gasteiger partial charge in [-0.3, -0.25) is 4.79 Å². The molecule has 2 atom stereocenters. The Bertz CT molecular complexity index is 805. The van der Waals surface area contributed by atoms with Gasteiger partial charge in [-0.15, -0.1) is 18.3 Å². The maximum absolute atomic E-state index is 12.5. The van der Waals surface area contributed by atoms with Crippen molar-refractivity contribution in [1.82, 2.24) is 25.1 Å². The van der Waals surface area contributed by atoms with Crippen LogP contribution in [0.4, 0.5) is 13.2 Å². The van der Waals surface area contributed by atoms with Crippen molar-refractivity contribution in [2.24, 2.45) is 0 Å². The minimum absolute atomic E-state index is 0.0274. The highest BCUT2D eigenvalue weighted by atomic mass is 32.2. The molecule has 1 aromatic carbocycles. The second kappa shape index (κ2) is 8.35. The van der Waals surface area contributed by atoms with Crippen molar-refractivity contribution in [3.63, 3.8) is 0 Å². The van der Waals surface area contributed by atoms with Crippen LogP contribution < -0.4 is 4.74 Å². The molecule has 1 aliphatic heterocycles. The second-order valence-corrected chi connectivity index (χ2v) is 7.20. The van der Waals surface area contributed by atoms with Gasteiger partial charge in [-0.25, -0.2) is 0 Å². The summed E-state index contributed by atoms with van der Waals surface area (Å²) in [5.74, 6) is -0.269. The summed E-state index contributed by atoms with van der Waals surface area (Å²) in [7, 11) is 0. The lowest BCUT2D eigenvalue weighted by atomic mass is 10.2. The number of rotatable bonds is 5. The molecule has 12 heteroatoms. The van der Waals surface area contributed by atoms with Crippen molar-refractivity contribution < 1.29 is 27.4 Å². The van der Waals surface area contributed by atoms with Crippen LogP contribution in [0.2, 0.25) is 0 Å². The summed E-state index contributed by atoms with van der Waals surface area (Å²) in [6, 6.07) is 5.13.